The average molecular weight is 200 g/mol. The van der Waals surface area contributed by atoms with Crippen molar-refractivity contribution in [2.24, 2.45) is 9.98 Å². The van der Waals surface area contributed by atoms with Gasteiger partial charge >= 0.3 is 0 Å². The number of nitrogens with zero attached hydrogens (tertiary/aromatic N) is 2. The molecule has 0 fully saturated rings. The summed E-state index contributed by atoms with van der Waals surface area (Å²) in [7, 11) is 0. The first-order chi connectivity index (χ1) is 7.06. The second-order valence-corrected chi connectivity index (χ2v) is 4.17. The van der Waals surface area contributed by atoms with Crippen LogP contribution in [-0.2, 0) is 0 Å². The minimum absolute atomic E-state index is 0.148. The van der Waals surface area contributed by atoms with E-state index >= 15 is 0 Å². The van der Waals surface area contributed by atoms with Gasteiger partial charge in [-0.1, -0.05) is 6.08 Å². The minimum Gasteiger partial charge on any atom is -0.276 e. The number of rotatable bonds is 0. The van der Waals surface area contributed by atoms with E-state index in [1.807, 2.05) is 13.8 Å². The third-order valence-electron chi connectivity index (χ3n) is 2.91. The van der Waals surface area contributed by atoms with E-state index in [9.17, 15) is 0 Å². The van der Waals surface area contributed by atoms with Gasteiger partial charge in [-0.2, -0.15) is 0 Å². The van der Waals surface area contributed by atoms with Crippen molar-refractivity contribution in [3.05, 3.63) is 35.1 Å². The van der Waals surface area contributed by atoms with E-state index in [2.05, 4.69) is 42.1 Å². The molecular weight excluding hydrogens is 184 g/mol. The molecular formula is C13H16N2. The predicted molar refractivity (Wildman–Crippen MR) is 65.6 cm³/mol. The molecule has 15 heavy (non-hydrogen) atoms. The summed E-state index contributed by atoms with van der Waals surface area (Å²) in [5.74, 6) is 0. The van der Waals surface area contributed by atoms with Crippen LogP contribution in [0.5, 0.6) is 0 Å². The van der Waals surface area contributed by atoms with Crippen molar-refractivity contribution in [2.75, 3.05) is 0 Å². The van der Waals surface area contributed by atoms with Crippen LogP contribution in [0.15, 0.2) is 45.1 Å². The zero-order valence-corrected chi connectivity index (χ0v) is 9.70. The molecule has 0 aromatic heterocycles. The lowest BCUT2D eigenvalue weighted by Crippen LogP contribution is -2.08. The Labute approximate surface area is 90.8 Å². The molecule has 78 valence electrons. The summed E-state index contributed by atoms with van der Waals surface area (Å²) >= 11 is 0. The molecule has 0 saturated carbocycles. The van der Waals surface area contributed by atoms with Crippen LogP contribution in [0.3, 0.4) is 0 Å². The van der Waals surface area contributed by atoms with Crippen molar-refractivity contribution >= 4 is 11.4 Å². The van der Waals surface area contributed by atoms with Crippen LogP contribution in [0.4, 0.5) is 0 Å². The van der Waals surface area contributed by atoms with E-state index < -0.39 is 0 Å². The van der Waals surface area contributed by atoms with E-state index in [0.29, 0.717) is 0 Å². The summed E-state index contributed by atoms with van der Waals surface area (Å²) < 4.78 is 0. The largest absolute Gasteiger partial charge is 0.276 e. The summed E-state index contributed by atoms with van der Waals surface area (Å²) in [6, 6.07) is 0.148. The first kappa shape index (κ1) is 10.1. The highest BCUT2D eigenvalue weighted by Crippen LogP contribution is 2.21. The van der Waals surface area contributed by atoms with Crippen molar-refractivity contribution in [2.45, 2.75) is 33.7 Å². The van der Waals surface area contributed by atoms with Crippen LogP contribution < -0.4 is 0 Å². The Morgan fingerprint density at radius 3 is 2.40 bits per heavy atom. The molecule has 1 aliphatic heterocycles. The number of fused-ring (bicyclic) bond motifs is 1. The lowest BCUT2D eigenvalue weighted by Gasteiger charge is -2.05. The quantitative estimate of drug-likeness (QED) is 0.574. The second-order valence-electron chi connectivity index (χ2n) is 4.17. The molecule has 2 aliphatic rings. The highest BCUT2D eigenvalue weighted by Gasteiger charge is 2.13. The normalized spacial score (nSPS) is 25.3. The standard InChI is InChI=1S/C13H16N2/c1-8-5-12-7-13(6-9(8)2)15-11(4)10(3)14-12/h5-7,12H,1-4H3. The van der Waals surface area contributed by atoms with Crippen LogP contribution in [0.1, 0.15) is 27.7 Å². The summed E-state index contributed by atoms with van der Waals surface area (Å²) in [5.41, 5.74) is 5.64. The van der Waals surface area contributed by atoms with Gasteiger partial charge in [0, 0.05) is 0 Å². The maximum absolute atomic E-state index is 4.62. The van der Waals surface area contributed by atoms with Crippen LogP contribution in [0.2, 0.25) is 0 Å². The zero-order chi connectivity index (χ0) is 11.0. The molecule has 0 radical (unpaired) electrons. The third-order valence-corrected chi connectivity index (χ3v) is 2.91. The van der Waals surface area contributed by atoms with E-state index in [-0.39, 0.29) is 6.04 Å². The number of hydrogen-bond acceptors (Lipinski definition) is 2. The zero-order valence-electron chi connectivity index (χ0n) is 9.70. The minimum atomic E-state index is 0.148. The molecule has 0 amide bonds. The smallest absolute Gasteiger partial charge is 0.0894 e. The van der Waals surface area contributed by atoms with Crippen molar-refractivity contribution in [1.29, 1.82) is 0 Å². The molecule has 0 spiro atoms. The molecule has 1 unspecified atom stereocenters. The number of aliphatic imine (C=N–C) groups is 2. The maximum atomic E-state index is 4.62. The highest BCUT2D eigenvalue weighted by molar-refractivity contribution is 6.41. The van der Waals surface area contributed by atoms with E-state index in [1.54, 1.807) is 0 Å². The van der Waals surface area contributed by atoms with Gasteiger partial charge in [-0.25, -0.2) is 0 Å². The summed E-state index contributed by atoms with van der Waals surface area (Å²) in [6.07, 6.45) is 6.43. The lowest BCUT2D eigenvalue weighted by atomic mass is 10.1. The molecule has 0 aromatic carbocycles. The van der Waals surface area contributed by atoms with Crippen molar-refractivity contribution in [3.8, 4) is 0 Å². The lowest BCUT2D eigenvalue weighted by molar-refractivity contribution is 1.01. The molecule has 0 N–H and O–H groups in total. The Morgan fingerprint density at radius 1 is 0.933 bits per heavy atom. The number of hydrogen-bond donors (Lipinski definition) is 0. The van der Waals surface area contributed by atoms with Crippen molar-refractivity contribution in [1.82, 2.24) is 0 Å². The van der Waals surface area contributed by atoms with E-state index in [1.165, 1.54) is 11.1 Å². The van der Waals surface area contributed by atoms with Gasteiger partial charge < -0.3 is 0 Å². The van der Waals surface area contributed by atoms with E-state index in [0.717, 1.165) is 17.1 Å². The Kier molecular flexibility index (Phi) is 2.43. The van der Waals surface area contributed by atoms with Gasteiger partial charge in [0.15, 0.2) is 0 Å². The molecule has 2 heteroatoms. The average Bonchev–Trinajstić information content (AvgIpc) is 2.34. The topological polar surface area (TPSA) is 24.7 Å². The van der Waals surface area contributed by atoms with Gasteiger partial charge in [0.2, 0.25) is 0 Å². The first-order valence-electron chi connectivity index (χ1n) is 5.25. The summed E-state index contributed by atoms with van der Waals surface area (Å²) in [6.45, 7) is 8.27. The van der Waals surface area contributed by atoms with Gasteiger partial charge in [0.25, 0.3) is 0 Å². The molecule has 2 nitrogen and oxygen atoms in total. The Balaban J connectivity index is 2.53. The Bertz CT molecular complexity index is 407. The van der Waals surface area contributed by atoms with Gasteiger partial charge in [-0.15, -0.1) is 0 Å². The number of allylic oxidation sites excluding steroid dienone is 3. The van der Waals surface area contributed by atoms with Crippen molar-refractivity contribution in [3.63, 3.8) is 0 Å². The summed E-state index contributed by atoms with van der Waals surface area (Å²) in [4.78, 5) is 9.18. The van der Waals surface area contributed by atoms with Gasteiger partial charge in [0.1, 0.15) is 0 Å². The van der Waals surface area contributed by atoms with Crippen LogP contribution in [0.25, 0.3) is 0 Å². The Hall–Kier alpha value is -1.44. The van der Waals surface area contributed by atoms with Crippen LogP contribution in [0, 0.1) is 0 Å². The molecule has 0 saturated heterocycles. The first-order valence-corrected chi connectivity index (χ1v) is 5.25. The molecule has 1 aliphatic carbocycles. The van der Waals surface area contributed by atoms with Gasteiger partial charge in [0.05, 0.1) is 23.2 Å². The molecule has 0 aromatic rings. The fourth-order valence-electron chi connectivity index (χ4n) is 1.73. The van der Waals surface area contributed by atoms with Gasteiger partial charge in [-0.3, -0.25) is 9.98 Å². The third kappa shape index (κ3) is 1.99. The predicted octanol–water partition coefficient (Wildman–Crippen LogP) is 3.08. The maximum Gasteiger partial charge on any atom is 0.0894 e. The molecule has 2 rings (SSSR count). The Morgan fingerprint density at radius 2 is 1.67 bits per heavy atom. The van der Waals surface area contributed by atoms with Crippen LogP contribution >= 0.6 is 0 Å². The molecule has 1 heterocycles. The highest BCUT2D eigenvalue weighted by atomic mass is 14.9. The van der Waals surface area contributed by atoms with Crippen LogP contribution in [-0.4, -0.2) is 17.5 Å². The second kappa shape index (κ2) is 3.61. The fraction of sp³-hybridized carbons (Fsp3) is 0.385. The fourth-order valence-corrected chi connectivity index (χ4v) is 1.73. The summed E-state index contributed by atoms with van der Waals surface area (Å²) in [5, 5.41) is 0. The van der Waals surface area contributed by atoms with E-state index in [4.69, 9.17) is 0 Å². The SMILES string of the molecule is CC1=CC2=CC(C=C1C)N=C(C)C(C)=N2. The molecule has 2 bridgehead atoms. The van der Waals surface area contributed by atoms with Gasteiger partial charge in [-0.05, 0) is 51.0 Å². The monoisotopic (exact) mass is 200 g/mol. The molecule has 1 atom stereocenters. The van der Waals surface area contributed by atoms with Crippen molar-refractivity contribution < 1.29 is 0 Å².